The van der Waals surface area contributed by atoms with Crippen LogP contribution in [-0.2, 0) is 4.79 Å². The predicted octanol–water partition coefficient (Wildman–Crippen LogP) is 1.50. The van der Waals surface area contributed by atoms with E-state index in [1.807, 2.05) is 4.90 Å². The molecule has 1 fully saturated rings. The van der Waals surface area contributed by atoms with E-state index in [0.717, 1.165) is 19.6 Å². The van der Waals surface area contributed by atoms with Gasteiger partial charge in [-0.3, -0.25) is 9.69 Å². The molecule has 3 heteroatoms. The van der Waals surface area contributed by atoms with Gasteiger partial charge in [0, 0.05) is 31.2 Å². The first-order valence-corrected chi connectivity index (χ1v) is 5.54. The van der Waals surface area contributed by atoms with Crippen LogP contribution in [0, 0.1) is 0 Å². The zero-order valence-corrected chi connectivity index (χ0v) is 10.3. The third-order valence-corrected chi connectivity index (χ3v) is 2.98. The SMILES string of the molecule is C=CC(=O)N1CCN(C(C)(C)C)[C@@H](C)C1. The normalized spacial score (nSPS) is 24.0. The van der Waals surface area contributed by atoms with Gasteiger partial charge in [-0.05, 0) is 33.8 Å². The Balaban J connectivity index is 2.63. The van der Waals surface area contributed by atoms with Gasteiger partial charge in [-0.1, -0.05) is 6.58 Å². The van der Waals surface area contributed by atoms with Crippen LogP contribution in [0.5, 0.6) is 0 Å². The maximum absolute atomic E-state index is 11.5. The number of nitrogens with zero attached hydrogens (tertiary/aromatic N) is 2. The topological polar surface area (TPSA) is 23.6 Å². The molecule has 3 nitrogen and oxygen atoms in total. The zero-order chi connectivity index (χ0) is 11.6. The van der Waals surface area contributed by atoms with Crippen LogP contribution in [0.4, 0.5) is 0 Å². The Labute approximate surface area is 92.7 Å². The average molecular weight is 210 g/mol. The van der Waals surface area contributed by atoms with Gasteiger partial charge in [-0.25, -0.2) is 0 Å². The molecule has 1 saturated heterocycles. The number of piperazine rings is 1. The fourth-order valence-electron chi connectivity index (χ4n) is 2.28. The van der Waals surface area contributed by atoms with Crippen molar-refractivity contribution in [1.82, 2.24) is 9.80 Å². The molecule has 0 N–H and O–H groups in total. The fraction of sp³-hybridized carbons (Fsp3) is 0.750. The molecule has 1 aliphatic heterocycles. The maximum atomic E-state index is 11.5. The molecule has 0 aromatic carbocycles. The lowest BCUT2D eigenvalue weighted by atomic mass is 10.0. The van der Waals surface area contributed by atoms with Crippen LogP contribution in [0.15, 0.2) is 12.7 Å². The molecular weight excluding hydrogens is 188 g/mol. The van der Waals surface area contributed by atoms with Gasteiger partial charge in [0.1, 0.15) is 0 Å². The van der Waals surface area contributed by atoms with Crippen molar-refractivity contribution >= 4 is 5.91 Å². The number of hydrogen-bond acceptors (Lipinski definition) is 2. The minimum absolute atomic E-state index is 0.0513. The number of carbonyl (C=O) groups excluding carboxylic acids is 1. The Kier molecular flexibility index (Phi) is 3.55. The van der Waals surface area contributed by atoms with Crippen LogP contribution < -0.4 is 0 Å². The highest BCUT2D eigenvalue weighted by Gasteiger charge is 2.32. The summed E-state index contributed by atoms with van der Waals surface area (Å²) < 4.78 is 0. The Morgan fingerprint density at radius 3 is 2.40 bits per heavy atom. The summed E-state index contributed by atoms with van der Waals surface area (Å²) >= 11 is 0. The maximum Gasteiger partial charge on any atom is 0.246 e. The van der Waals surface area contributed by atoms with Gasteiger partial charge in [-0.2, -0.15) is 0 Å². The Morgan fingerprint density at radius 2 is 2.00 bits per heavy atom. The van der Waals surface area contributed by atoms with E-state index in [4.69, 9.17) is 0 Å². The van der Waals surface area contributed by atoms with Crippen LogP contribution in [-0.4, -0.2) is 46.9 Å². The first-order valence-electron chi connectivity index (χ1n) is 5.54. The van der Waals surface area contributed by atoms with Crippen LogP contribution in [0.1, 0.15) is 27.7 Å². The lowest BCUT2D eigenvalue weighted by molar-refractivity contribution is -0.130. The van der Waals surface area contributed by atoms with Gasteiger partial charge in [0.15, 0.2) is 0 Å². The minimum atomic E-state index is 0.0513. The number of hydrogen-bond donors (Lipinski definition) is 0. The number of rotatable bonds is 1. The molecule has 1 aliphatic rings. The molecule has 0 radical (unpaired) electrons. The molecule has 1 amide bonds. The molecule has 0 bridgehead atoms. The largest absolute Gasteiger partial charge is 0.336 e. The van der Waals surface area contributed by atoms with Crippen LogP contribution in [0.25, 0.3) is 0 Å². The molecule has 0 aliphatic carbocycles. The van der Waals surface area contributed by atoms with E-state index in [-0.39, 0.29) is 11.4 Å². The van der Waals surface area contributed by atoms with E-state index in [1.54, 1.807) is 0 Å². The van der Waals surface area contributed by atoms with E-state index in [1.165, 1.54) is 6.08 Å². The van der Waals surface area contributed by atoms with Crippen molar-refractivity contribution in [3.05, 3.63) is 12.7 Å². The Morgan fingerprint density at radius 1 is 1.40 bits per heavy atom. The van der Waals surface area contributed by atoms with E-state index in [2.05, 4.69) is 39.2 Å². The molecule has 0 aromatic heterocycles. The summed E-state index contributed by atoms with van der Waals surface area (Å²) in [5.41, 5.74) is 0.183. The molecule has 0 aromatic rings. The van der Waals surface area contributed by atoms with E-state index in [9.17, 15) is 4.79 Å². The van der Waals surface area contributed by atoms with Crippen molar-refractivity contribution in [2.45, 2.75) is 39.3 Å². The average Bonchev–Trinajstić information content (AvgIpc) is 2.14. The third kappa shape index (κ3) is 2.81. The molecule has 1 heterocycles. The highest BCUT2D eigenvalue weighted by Crippen LogP contribution is 2.20. The highest BCUT2D eigenvalue weighted by atomic mass is 16.2. The summed E-state index contributed by atoms with van der Waals surface area (Å²) in [5, 5.41) is 0. The minimum Gasteiger partial charge on any atom is -0.336 e. The van der Waals surface area contributed by atoms with Gasteiger partial charge in [0.25, 0.3) is 0 Å². The van der Waals surface area contributed by atoms with E-state index < -0.39 is 0 Å². The van der Waals surface area contributed by atoms with Gasteiger partial charge >= 0.3 is 0 Å². The quantitative estimate of drug-likeness (QED) is 0.612. The van der Waals surface area contributed by atoms with Gasteiger partial charge in [-0.15, -0.1) is 0 Å². The third-order valence-electron chi connectivity index (χ3n) is 2.98. The monoisotopic (exact) mass is 210 g/mol. The van der Waals surface area contributed by atoms with Gasteiger partial charge in [0.05, 0.1) is 0 Å². The highest BCUT2D eigenvalue weighted by molar-refractivity contribution is 5.87. The predicted molar refractivity (Wildman–Crippen MR) is 62.7 cm³/mol. The molecule has 0 saturated carbocycles. The summed E-state index contributed by atoms with van der Waals surface area (Å²) in [6, 6.07) is 0.419. The summed E-state index contributed by atoms with van der Waals surface area (Å²) in [5.74, 6) is 0.0513. The second-order valence-corrected chi connectivity index (χ2v) is 5.20. The molecule has 86 valence electrons. The fourth-order valence-corrected chi connectivity index (χ4v) is 2.28. The molecule has 1 atom stereocenters. The molecular formula is C12H22N2O. The van der Waals surface area contributed by atoms with Gasteiger partial charge < -0.3 is 4.90 Å². The summed E-state index contributed by atoms with van der Waals surface area (Å²) in [4.78, 5) is 15.8. The van der Waals surface area contributed by atoms with Crippen LogP contribution >= 0.6 is 0 Å². The first-order chi connectivity index (χ1) is 6.86. The standard InChI is InChI=1S/C12H22N2O/c1-6-11(15)13-7-8-14(10(2)9-13)12(3,4)5/h6,10H,1,7-9H2,2-5H3/t10-/m0/s1. The van der Waals surface area contributed by atoms with Crippen molar-refractivity contribution in [1.29, 1.82) is 0 Å². The number of carbonyl (C=O) groups is 1. The van der Waals surface area contributed by atoms with Crippen molar-refractivity contribution in [2.24, 2.45) is 0 Å². The smallest absolute Gasteiger partial charge is 0.246 e. The second-order valence-electron chi connectivity index (χ2n) is 5.20. The molecule has 0 spiro atoms. The second kappa shape index (κ2) is 4.35. The Bertz CT molecular complexity index is 255. The summed E-state index contributed by atoms with van der Waals surface area (Å²) in [6.45, 7) is 14.9. The summed E-state index contributed by atoms with van der Waals surface area (Å²) in [7, 11) is 0. The van der Waals surface area contributed by atoms with Crippen LogP contribution in [0.3, 0.4) is 0 Å². The Hall–Kier alpha value is -0.830. The van der Waals surface area contributed by atoms with Crippen LogP contribution in [0.2, 0.25) is 0 Å². The van der Waals surface area contributed by atoms with Crippen molar-refractivity contribution < 1.29 is 4.79 Å². The zero-order valence-electron chi connectivity index (χ0n) is 10.3. The van der Waals surface area contributed by atoms with Crippen molar-refractivity contribution in [2.75, 3.05) is 19.6 Å². The lowest BCUT2D eigenvalue weighted by Gasteiger charge is -2.46. The molecule has 0 unspecified atom stereocenters. The lowest BCUT2D eigenvalue weighted by Crippen LogP contribution is -2.59. The van der Waals surface area contributed by atoms with Gasteiger partial charge in [0.2, 0.25) is 5.91 Å². The van der Waals surface area contributed by atoms with E-state index >= 15 is 0 Å². The van der Waals surface area contributed by atoms with E-state index in [0.29, 0.717) is 6.04 Å². The number of amides is 1. The molecule has 1 rings (SSSR count). The molecule has 15 heavy (non-hydrogen) atoms. The first kappa shape index (κ1) is 12.2. The van der Waals surface area contributed by atoms with Crippen molar-refractivity contribution in [3.63, 3.8) is 0 Å². The summed E-state index contributed by atoms with van der Waals surface area (Å²) in [6.07, 6.45) is 1.40. The van der Waals surface area contributed by atoms with Crippen molar-refractivity contribution in [3.8, 4) is 0 Å².